The van der Waals surface area contributed by atoms with Crippen LogP contribution < -0.4 is 0 Å². The predicted molar refractivity (Wildman–Crippen MR) is 303 cm³/mol. The first-order valence-electron chi connectivity index (χ1n) is 26.4. The first kappa shape index (κ1) is 74.2. The van der Waals surface area contributed by atoms with Gasteiger partial charge in [0.15, 0.2) is 17.7 Å². The van der Waals surface area contributed by atoms with Crippen molar-refractivity contribution >= 4 is 35.8 Å². The number of carbonyl (C=O) groups is 6. The Morgan fingerprint density at radius 2 is 0.988 bits per heavy atom. The summed E-state index contributed by atoms with van der Waals surface area (Å²) in [4.78, 5) is 69.3. The number of carboxylic acids is 1. The number of carboxylic acid groups (broad SMARTS) is 1. The van der Waals surface area contributed by atoms with E-state index in [2.05, 4.69) is 42.9 Å². The summed E-state index contributed by atoms with van der Waals surface area (Å²) >= 11 is 0. The summed E-state index contributed by atoms with van der Waals surface area (Å²) in [5.74, 6) is -2.67. The number of ether oxygens (including phenoxy) is 3. The van der Waals surface area contributed by atoms with Crippen LogP contribution in [0.2, 0.25) is 0 Å². The lowest BCUT2D eigenvalue weighted by molar-refractivity contribution is -0.157. The molecule has 0 amide bonds. The average Bonchev–Trinajstić information content (AvgIpc) is 3.39. The number of aliphatic hydroxyl groups is 9. The first-order chi connectivity index (χ1) is 37.2. The number of aldehydes is 1. The molecule has 0 aromatic heterocycles. The molecule has 0 aromatic rings. The van der Waals surface area contributed by atoms with Gasteiger partial charge in [-0.2, -0.15) is 0 Å². The van der Waals surface area contributed by atoms with Gasteiger partial charge in [0.05, 0.1) is 38.1 Å². The summed E-state index contributed by atoms with van der Waals surface area (Å²) in [6, 6.07) is 0. The topological polar surface area (TPSA) is 332 Å². The lowest BCUT2D eigenvalue weighted by Crippen LogP contribution is -2.47. The van der Waals surface area contributed by atoms with Crippen LogP contribution in [0.5, 0.6) is 0 Å². The Morgan fingerprint density at radius 3 is 1.39 bits per heavy atom. The third-order valence-corrected chi connectivity index (χ3v) is 12.9. The second-order valence-corrected chi connectivity index (χ2v) is 21.1. The van der Waals surface area contributed by atoms with E-state index in [1.54, 1.807) is 14.0 Å². The van der Waals surface area contributed by atoms with Crippen LogP contribution in [0.1, 0.15) is 122 Å². The maximum Gasteiger partial charge on any atom is 0.307 e. The molecular formula is C61H90O19. The summed E-state index contributed by atoms with van der Waals surface area (Å²) in [5, 5.41) is 89.6. The van der Waals surface area contributed by atoms with Gasteiger partial charge < -0.3 is 70.1 Å². The number of allylic oxidation sites excluding steroid dienone is 20. The van der Waals surface area contributed by atoms with E-state index in [9.17, 15) is 44.1 Å². The first-order valence-corrected chi connectivity index (χ1v) is 26.4. The molecule has 448 valence electrons. The van der Waals surface area contributed by atoms with Crippen molar-refractivity contribution in [1.29, 1.82) is 0 Å². The molecule has 10 atom stereocenters. The third kappa shape index (κ3) is 27.6. The molecule has 80 heavy (non-hydrogen) atoms. The zero-order chi connectivity index (χ0) is 61.7. The van der Waals surface area contributed by atoms with Gasteiger partial charge in [0.25, 0.3) is 0 Å². The number of aliphatic carboxylic acids is 1. The SMILES string of the molecule is CC(O)C(O)C(O)C(C)O.COC1CC(C)(C)C(/C=C/C(C)=C/C=C/C(C)=C/C=C/C=C(C)/C=C/C=C(C)/C=C/C2=C(C)C(=O)C(OC(=O)CCC(=O)O)CC2(C)C)=C(C)C1=O.O=CCCC(=O)OCC(O)C(O)C(O)C(O)CO. The maximum absolute atomic E-state index is 13.0. The third-order valence-electron chi connectivity index (χ3n) is 12.9. The smallest absolute Gasteiger partial charge is 0.307 e. The fourth-order valence-corrected chi connectivity index (χ4v) is 7.94. The molecular weight excluding hydrogens is 1040 g/mol. The molecule has 0 aromatic carbocycles. The van der Waals surface area contributed by atoms with Crippen molar-refractivity contribution in [2.75, 3.05) is 20.3 Å². The van der Waals surface area contributed by atoms with Crippen LogP contribution in [0.15, 0.2) is 130 Å². The minimum absolute atomic E-state index is 0.0106. The number of rotatable bonds is 27. The van der Waals surface area contributed by atoms with Crippen molar-refractivity contribution < 1.29 is 94.0 Å². The average molecular weight is 1130 g/mol. The molecule has 2 aliphatic carbocycles. The fraction of sp³-hybridized carbons (Fsp3) is 0.541. The zero-order valence-electron chi connectivity index (χ0n) is 48.7. The van der Waals surface area contributed by atoms with Crippen molar-refractivity contribution in [3.8, 4) is 0 Å². The number of methoxy groups -OCH3 is 1. The fourth-order valence-electron chi connectivity index (χ4n) is 7.94. The van der Waals surface area contributed by atoms with Crippen molar-refractivity contribution in [1.82, 2.24) is 0 Å². The highest BCUT2D eigenvalue weighted by Crippen LogP contribution is 2.42. The highest BCUT2D eigenvalue weighted by molar-refractivity contribution is 6.02. The van der Waals surface area contributed by atoms with E-state index >= 15 is 0 Å². The molecule has 0 bridgehead atoms. The number of esters is 2. The Hall–Kier alpha value is -5.84. The zero-order valence-corrected chi connectivity index (χ0v) is 48.7. The summed E-state index contributed by atoms with van der Waals surface area (Å²) in [5.41, 5.74) is 7.02. The molecule has 0 saturated carbocycles. The molecule has 0 aliphatic heterocycles. The highest BCUT2D eigenvalue weighted by Gasteiger charge is 2.40. The van der Waals surface area contributed by atoms with E-state index in [0.29, 0.717) is 24.7 Å². The molecule has 0 heterocycles. The molecule has 0 spiro atoms. The van der Waals surface area contributed by atoms with Gasteiger partial charge >= 0.3 is 17.9 Å². The lowest BCUT2D eigenvalue weighted by atomic mass is 9.71. The van der Waals surface area contributed by atoms with Crippen LogP contribution in [-0.4, -0.2) is 168 Å². The summed E-state index contributed by atoms with van der Waals surface area (Å²) < 4.78 is 15.3. The van der Waals surface area contributed by atoms with E-state index in [0.717, 1.165) is 39.0 Å². The van der Waals surface area contributed by atoms with Crippen molar-refractivity contribution in [3.05, 3.63) is 130 Å². The molecule has 19 heteroatoms. The quantitative estimate of drug-likeness (QED) is 0.0280. The van der Waals surface area contributed by atoms with Crippen LogP contribution >= 0.6 is 0 Å². The molecule has 2 aliphatic rings. The molecule has 10 N–H and O–H groups in total. The van der Waals surface area contributed by atoms with Gasteiger partial charge in [-0.1, -0.05) is 135 Å². The summed E-state index contributed by atoms with van der Waals surface area (Å²) in [6.45, 7) is 21.4. The predicted octanol–water partition coefficient (Wildman–Crippen LogP) is 5.39. The van der Waals surface area contributed by atoms with E-state index in [1.165, 1.54) is 13.8 Å². The highest BCUT2D eigenvalue weighted by atomic mass is 16.6. The van der Waals surface area contributed by atoms with E-state index in [4.69, 9.17) is 45.2 Å². The van der Waals surface area contributed by atoms with Crippen LogP contribution in [0, 0.1) is 10.8 Å². The van der Waals surface area contributed by atoms with Gasteiger partial charge in [-0.25, -0.2) is 0 Å². The van der Waals surface area contributed by atoms with E-state index < -0.39 is 91.5 Å². The molecule has 19 nitrogen and oxygen atoms in total. The Balaban J connectivity index is 0.00000181. The van der Waals surface area contributed by atoms with Gasteiger partial charge in [0.2, 0.25) is 0 Å². The molecule has 10 unspecified atom stereocenters. The number of hydrogen-bond donors (Lipinski definition) is 10. The minimum atomic E-state index is -1.77. The van der Waals surface area contributed by atoms with Gasteiger partial charge in [0.1, 0.15) is 55.6 Å². The number of aliphatic hydroxyl groups excluding tert-OH is 9. The van der Waals surface area contributed by atoms with Crippen molar-refractivity contribution in [2.45, 2.75) is 183 Å². The van der Waals surface area contributed by atoms with Crippen LogP contribution in [0.3, 0.4) is 0 Å². The van der Waals surface area contributed by atoms with Crippen molar-refractivity contribution in [2.24, 2.45) is 10.8 Å². The van der Waals surface area contributed by atoms with Crippen LogP contribution in [-0.2, 0) is 43.0 Å². The monoisotopic (exact) mass is 1130 g/mol. The second kappa shape index (κ2) is 37.2. The summed E-state index contributed by atoms with van der Waals surface area (Å²) in [6.07, 6.45) is 16.5. The number of carbonyl (C=O) groups excluding carboxylic acids is 5. The van der Waals surface area contributed by atoms with Gasteiger partial charge in [-0.05, 0) is 94.9 Å². The van der Waals surface area contributed by atoms with Gasteiger partial charge in [-0.15, -0.1) is 0 Å². The lowest BCUT2D eigenvalue weighted by Gasteiger charge is -2.36. The standard InChI is InChI=1S/C45H58O7.C10H18O8.C6H14O4/c1-30(18-14-20-32(3)22-24-36-34(5)42(49)38(51-11)28-44(36,7)8)16-12-13-17-31(2)19-15-21-33(4)23-25-37-35(6)43(50)39(29-45(37,9)10)52-41(48)27-26-40(46)47;11-3-1-2-8(15)18-5-7(14)10(17)9(16)6(13)4-12;1-3(7)5(9)6(10)4(2)8/h12-25,38-39H,26-29H2,1-11H3,(H,46,47);3,6-7,9-10,12-14,16-17H,1-2,4-5H2;3-10H,1-2H3/b13-12+,18-14+,19-15+,24-22+,25-23+,30-16+,31-17+,32-20+,33-21+;;. The number of Topliss-reactive ketones (excluding diaryl/α,β-unsaturated/α-hetero) is 2. The largest absolute Gasteiger partial charge is 0.481 e. The van der Waals surface area contributed by atoms with Crippen molar-refractivity contribution in [3.63, 3.8) is 0 Å². The Labute approximate surface area is 471 Å². The Morgan fingerprint density at radius 1 is 0.588 bits per heavy atom. The Kier molecular flexibility index (Phi) is 34.5. The molecule has 0 fully saturated rings. The number of hydrogen-bond acceptors (Lipinski definition) is 18. The van der Waals surface area contributed by atoms with E-state index in [1.807, 2.05) is 109 Å². The van der Waals surface area contributed by atoms with Gasteiger partial charge in [0, 0.05) is 20.0 Å². The number of ketones is 2. The minimum Gasteiger partial charge on any atom is -0.481 e. The molecule has 2 rings (SSSR count). The maximum atomic E-state index is 13.0. The summed E-state index contributed by atoms with van der Waals surface area (Å²) in [7, 11) is 1.60. The molecule has 0 saturated heterocycles. The molecule has 0 radical (unpaired) electrons. The van der Waals surface area contributed by atoms with Gasteiger partial charge in [-0.3, -0.25) is 24.0 Å². The van der Waals surface area contributed by atoms with Crippen LogP contribution in [0.25, 0.3) is 0 Å². The second-order valence-electron chi connectivity index (χ2n) is 21.1. The Bertz CT molecular complexity index is 2390. The normalized spacial score (nSPS) is 21.4. The van der Waals surface area contributed by atoms with E-state index in [-0.39, 0.29) is 48.8 Å². The van der Waals surface area contributed by atoms with Crippen LogP contribution in [0.4, 0.5) is 0 Å².